The van der Waals surface area contributed by atoms with Crippen LogP contribution in [0.1, 0.15) is 22.9 Å². The maximum Gasteiger partial charge on any atom is 0.159 e. The predicted octanol–water partition coefficient (Wildman–Crippen LogP) is 16.5. The first-order valence-electron chi connectivity index (χ1n) is 23.8. The Bertz CT molecular complexity index is 4180. The van der Waals surface area contributed by atoms with Crippen LogP contribution in [0, 0.1) is 0 Å². The molecule has 1 atom stereocenters. The first-order chi connectivity index (χ1) is 34.7. The van der Waals surface area contributed by atoms with Crippen molar-refractivity contribution in [1.82, 2.24) is 9.88 Å². The van der Waals surface area contributed by atoms with Crippen molar-refractivity contribution in [3.8, 4) is 39.1 Å². The zero-order valence-corrected chi connectivity index (χ0v) is 37.9. The quantitative estimate of drug-likeness (QED) is 0.173. The van der Waals surface area contributed by atoms with Crippen LogP contribution in [0.15, 0.2) is 257 Å². The number of benzene rings is 11. The molecule has 5 nitrogen and oxygen atoms in total. The molecule has 0 saturated carbocycles. The lowest BCUT2D eigenvalue weighted by Gasteiger charge is -2.26. The number of hydrogen-bond acceptors (Lipinski definition) is 4. The van der Waals surface area contributed by atoms with Gasteiger partial charge < -0.3 is 14.3 Å². The van der Waals surface area contributed by atoms with E-state index < -0.39 is 6.17 Å². The van der Waals surface area contributed by atoms with Crippen LogP contribution in [-0.4, -0.2) is 16.2 Å². The molecular formula is C65H42N4O. The summed E-state index contributed by atoms with van der Waals surface area (Å²) in [6.45, 7) is 0. The van der Waals surface area contributed by atoms with Crippen LogP contribution in [0.4, 0.5) is 0 Å². The van der Waals surface area contributed by atoms with E-state index in [0.717, 1.165) is 94.6 Å². The molecule has 0 amide bonds. The van der Waals surface area contributed by atoms with Crippen molar-refractivity contribution in [3.63, 3.8) is 0 Å². The normalized spacial score (nSPS) is 13.9. The SMILES string of the molecule is c1ccc(-c2ccccc2C2=NC(c3ccc(-n4c5cc6ccccc6cc5c5cc6ccccc6cc54)c(-c4ccc5c(c4)oc4ccccc45)c3)=NC(c3ccccc3-c3ccccc3)N2)cc1. The molecule has 0 spiro atoms. The summed E-state index contributed by atoms with van der Waals surface area (Å²) in [5.74, 6) is 1.40. The fourth-order valence-corrected chi connectivity index (χ4v) is 10.7. The van der Waals surface area contributed by atoms with Crippen molar-refractivity contribution in [1.29, 1.82) is 0 Å². The van der Waals surface area contributed by atoms with E-state index in [9.17, 15) is 0 Å². The van der Waals surface area contributed by atoms with Gasteiger partial charge in [0.25, 0.3) is 0 Å². The molecule has 328 valence electrons. The van der Waals surface area contributed by atoms with Gasteiger partial charge in [-0.1, -0.05) is 182 Å². The minimum Gasteiger partial charge on any atom is -0.456 e. The molecule has 2 aromatic heterocycles. The van der Waals surface area contributed by atoms with E-state index in [1.54, 1.807) is 0 Å². The number of para-hydroxylation sites is 1. The number of rotatable bonds is 7. The summed E-state index contributed by atoms with van der Waals surface area (Å²) >= 11 is 0. The van der Waals surface area contributed by atoms with E-state index in [2.05, 4.69) is 240 Å². The Morgan fingerprint density at radius 3 is 1.61 bits per heavy atom. The number of fused-ring (bicyclic) bond motifs is 8. The Balaban J connectivity index is 1.03. The van der Waals surface area contributed by atoms with Crippen LogP contribution in [0.5, 0.6) is 0 Å². The highest BCUT2D eigenvalue weighted by Gasteiger charge is 2.26. The van der Waals surface area contributed by atoms with Gasteiger partial charge in [-0.2, -0.15) is 0 Å². The van der Waals surface area contributed by atoms with Crippen molar-refractivity contribution in [2.24, 2.45) is 9.98 Å². The molecule has 5 heteroatoms. The fourth-order valence-electron chi connectivity index (χ4n) is 10.7. The average Bonchev–Trinajstić information content (AvgIpc) is 3.96. The molecule has 70 heavy (non-hydrogen) atoms. The number of nitrogens with zero attached hydrogens (tertiary/aromatic N) is 3. The Kier molecular flexibility index (Phi) is 9.20. The second-order valence-electron chi connectivity index (χ2n) is 18.1. The second-order valence-corrected chi connectivity index (χ2v) is 18.1. The van der Waals surface area contributed by atoms with Gasteiger partial charge in [-0.3, -0.25) is 0 Å². The van der Waals surface area contributed by atoms with Crippen molar-refractivity contribution in [2.75, 3.05) is 0 Å². The molecule has 1 unspecified atom stereocenters. The van der Waals surface area contributed by atoms with Gasteiger partial charge >= 0.3 is 0 Å². The van der Waals surface area contributed by atoms with Crippen molar-refractivity contribution < 1.29 is 4.42 Å². The van der Waals surface area contributed by atoms with Gasteiger partial charge in [0.2, 0.25) is 0 Å². The molecule has 0 bridgehead atoms. The molecule has 1 aliphatic rings. The van der Waals surface area contributed by atoms with Gasteiger partial charge in [-0.05, 0) is 110 Å². The van der Waals surface area contributed by atoms with Crippen molar-refractivity contribution in [3.05, 3.63) is 259 Å². The number of hydrogen-bond donors (Lipinski definition) is 1. The van der Waals surface area contributed by atoms with E-state index >= 15 is 0 Å². The maximum atomic E-state index is 6.59. The van der Waals surface area contributed by atoms with E-state index in [4.69, 9.17) is 14.4 Å². The third-order valence-corrected chi connectivity index (χ3v) is 14.0. The zero-order valence-electron chi connectivity index (χ0n) is 37.9. The number of aromatic nitrogens is 1. The second kappa shape index (κ2) is 16.2. The molecule has 1 aliphatic heterocycles. The lowest BCUT2D eigenvalue weighted by molar-refractivity contribution is 0.669. The lowest BCUT2D eigenvalue weighted by atomic mass is 9.95. The number of furan rings is 1. The highest BCUT2D eigenvalue weighted by Crippen LogP contribution is 2.42. The van der Waals surface area contributed by atoms with Crippen LogP contribution >= 0.6 is 0 Å². The van der Waals surface area contributed by atoms with Gasteiger partial charge in [-0.15, -0.1) is 0 Å². The molecule has 1 N–H and O–H groups in total. The summed E-state index contributed by atoms with van der Waals surface area (Å²) in [6, 6.07) is 86.6. The minimum atomic E-state index is -0.448. The number of aliphatic imine (C=N–C) groups is 2. The zero-order chi connectivity index (χ0) is 46.1. The number of amidine groups is 2. The highest BCUT2D eigenvalue weighted by atomic mass is 16.3. The standard InChI is InChI=1S/C65H42N4O/c1-3-17-41(18-4-1)49-25-11-13-28-53(49)64-66-63(67-65(68-64)54-29-14-12-26-50(54)42-19-5-2-6-20-42)48-32-34-58(55(37-48)47-31-33-52-51-27-15-16-30-61(51)70-62(52)40-47)69-59-38-45-23-9-7-21-43(45)35-56(59)57-36-44-22-8-10-24-46(44)39-60(57)69/h1-40,64H,(H,66,67,68). The van der Waals surface area contributed by atoms with Crippen molar-refractivity contribution >= 4 is 77.0 Å². The van der Waals surface area contributed by atoms with Gasteiger partial charge in [-0.25, -0.2) is 9.98 Å². The maximum absolute atomic E-state index is 6.59. The van der Waals surface area contributed by atoms with Crippen LogP contribution in [0.3, 0.4) is 0 Å². The summed E-state index contributed by atoms with van der Waals surface area (Å²) in [4.78, 5) is 11.0. The molecule has 0 fully saturated rings. The summed E-state index contributed by atoms with van der Waals surface area (Å²) < 4.78 is 9.05. The summed E-state index contributed by atoms with van der Waals surface area (Å²) in [5, 5.41) is 13.2. The molecule has 14 rings (SSSR count). The van der Waals surface area contributed by atoms with Crippen LogP contribution < -0.4 is 5.32 Å². The topological polar surface area (TPSA) is 54.8 Å². The monoisotopic (exact) mass is 894 g/mol. The van der Waals surface area contributed by atoms with Crippen LogP contribution in [0.25, 0.3) is 104 Å². The first-order valence-corrected chi connectivity index (χ1v) is 23.8. The molecule has 3 heterocycles. The average molecular weight is 895 g/mol. The van der Waals surface area contributed by atoms with Gasteiger partial charge in [0, 0.05) is 43.8 Å². The van der Waals surface area contributed by atoms with Crippen LogP contribution in [0.2, 0.25) is 0 Å². The van der Waals surface area contributed by atoms with Gasteiger partial charge in [0.15, 0.2) is 5.84 Å². The third-order valence-electron chi connectivity index (χ3n) is 14.0. The highest BCUT2D eigenvalue weighted by molar-refractivity contribution is 6.18. The van der Waals surface area contributed by atoms with Crippen LogP contribution in [-0.2, 0) is 0 Å². The van der Waals surface area contributed by atoms with E-state index in [0.29, 0.717) is 5.84 Å². The summed E-state index contributed by atoms with van der Waals surface area (Å²) in [7, 11) is 0. The van der Waals surface area contributed by atoms with Crippen molar-refractivity contribution in [2.45, 2.75) is 6.17 Å². The predicted molar refractivity (Wildman–Crippen MR) is 291 cm³/mol. The Morgan fingerprint density at radius 1 is 0.371 bits per heavy atom. The molecule has 13 aromatic rings. The minimum absolute atomic E-state index is 0.448. The Hall–Kier alpha value is -9.32. The smallest absolute Gasteiger partial charge is 0.159 e. The Morgan fingerprint density at radius 2 is 0.914 bits per heavy atom. The third kappa shape index (κ3) is 6.62. The molecule has 11 aromatic carbocycles. The number of nitrogens with one attached hydrogen (secondary N) is 1. The molecule has 0 radical (unpaired) electrons. The first kappa shape index (κ1) is 39.8. The summed E-state index contributed by atoms with van der Waals surface area (Å²) in [5.41, 5.74) is 14.5. The molecule has 0 aliphatic carbocycles. The molecule has 0 saturated heterocycles. The fraction of sp³-hybridized carbons (Fsp3) is 0.0154. The van der Waals surface area contributed by atoms with Gasteiger partial charge in [0.1, 0.15) is 23.2 Å². The lowest BCUT2D eigenvalue weighted by Crippen LogP contribution is -2.34. The Labute approximate surface area is 404 Å². The van der Waals surface area contributed by atoms with E-state index in [1.807, 2.05) is 12.1 Å². The van der Waals surface area contributed by atoms with Gasteiger partial charge in [0.05, 0.1) is 16.7 Å². The van der Waals surface area contributed by atoms with E-state index in [-0.39, 0.29) is 0 Å². The summed E-state index contributed by atoms with van der Waals surface area (Å²) in [6.07, 6.45) is -0.448. The largest absolute Gasteiger partial charge is 0.456 e. The van der Waals surface area contributed by atoms with E-state index in [1.165, 1.54) is 32.3 Å². The molecular weight excluding hydrogens is 853 g/mol.